The molecule has 1 aromatic heterocycles. The predicted molar refractivity (Wildman–Crippen MR) is 78.2 cm³/mol. The molecule has 0 radical (unpaired) electrons. The Morgan fingerprint density at radius 3 is 3.05 bits per heavy atom. The van der Waals surface area contributed by atoms with Gasteiger partial charge in [0.2, 0.25) is 5.91 Å². The second-order valence-corrected chi connectivity index (χ2v) is 5.28. The highest BCUT2D eigenvalue weighted by molar-refractivity contribution is 8.00. The largest absolute Gasteiger partial charge is 0.362 e. The van der Waals surface area contributed by atoms with Gasteiger partial charge >= 0.3 is 5.69 Å². The zero-order chi connectivity index (χ0) is 14.5. The van der Waals surface area contributed by atoms with Gasteiger partial charge in [0.1, 0.15) is 5.03 Å². The lowest BCUT2D eigenvalue weighted by Gasteiger charge is -2.05. The summed E-state index contributed by atoms with van der Waals surface area (Å²) in [6.45, 7) is 1.71. The van der Waals surface area contributed by atoms with Gasteiger partial charge in [-0.1, -0.05) is 29.4 Å². The first kappa shape index (κ1) is 14.5. The van der Waals surface area contributed by atoms with Gasteiger partial charge < -0.3 is 5.32 Å². The van der Waals surface area contributed by atoms with Crippen LogP contribution in [0.4, 0.5) is 5.69 Å². The summed E-state index contributed by atoms with van der Waals surface area (Å²) in [6, 6.07) is 6.87. The number of halogens is 1. The number of H-pyrrole nitrogens is 1. The van der Waals surface area contributed by atoms with Gasteiger partial charge in [-0.3, -0.25) is 4.79 Å². The van der Waals surface area contributed by atoms with Gasteiger partial charge in [-0.2, -0.15) is 10.1 Å². The number of hydrogen-bond acceptors (Lipinski definition) is 5. The monoisotopic (exact) mass is 310 g/mol. The molecule has 1 heterocycles. The zero-order valence-electron chi connectivity index (χ0n) is 10.5. The molecule has 0 fully saturated rings. The van der Waals surface area contributed by atoms with Crippen LogP contribution in [-0.4, -0.2) is 26.8 Å². The topological polar surface area (TPSA) is 87.7 Å². The summed E-state index contributed by atoms with van der Waals surface area (Å²) in [5.41, 5.74) is 0.662. The number of anilines is 1. The Bertz CT molecular complexity index is 689. The summed E-state index contributed by atoms with van der Waals surface area (Å²) < 4.78 is 0. The van der Waals surface area contributed by atoms with Crippen molar-refractivity contribution in [2.24, 2.45) is 0 Å². The summed E-state index contributed by atoms with van der Waals surface area (Å²) in [6.07, 6.45) is 0. The maximum Gasteiger partial charge on any atom is 0.362 e. The average Bonchev–Trinajstić information content (AvgIpc) is 2.40. The molecule has 1 amide bonds. The van der Waals surface area contributed by atoms with E-state index in [0.29, 0.717) is 21.4 Å². The molecule has 0 atom stereocenters. The molecular weight excluding hydrogens is 300 g/mol. The first-order valence-corrected chi connectivity index (χ1v) is 7.02. The van der Waals surface area contributed by atoms with Gasteiger partial charge in [0.25, 0.3) is 0 Å². The highest BCUT2D eigenvalue weighted by atomic mass is 35.5. The quantitative estimate of drug-likeness (QED) is 0.842. The molecule has 0 spiro atoms. The molecule has 2 N–H and O–H groups in total. The lowest BCUT2D eigenvalue weighted by molar-refractivity contribution is -0.113. The summed E-state index contributed by atoms with van der Waals surface area (Å²) in [7, 11) is 0. The molecule has 0 unspecified atom stereocenters. The van der Waals surface area contributed by atoms with Crippen molar-refractivity contribution >= 4 is 35.0 Å². The number of aryl methyl sites for hydroxylation is 1. The van der Waals surface area contributed by atoms with Crippen molar-refractivity contribution in [1.29, 1.82) is 0 Å². The van der Waals surface area contributed by atoms with Crippen LogP contribution in [0.1, 0.15) is 5.69 Å². The second kappa shape index (κ2) is 6.53. The van der Waals surface area contributed by atoms with E-state index in [2.05, 4.69) is 20.5 Å². The molecule has 0 aliphatic rings. The fraction of sp³-hybridized carbons (Fsp3) is 0.167. The molecule has 1 aromatic carbocycles. The van der Waals surface area contributed by atoms with E-state index in [9.17, 15) is 9.59 Å². The third kappa shape index (κ3) is 4.07. The fourth-order valence-corrected chi connectivity index (χ4v) is 2.34. The molecule has 8 heteroatoms. The van der Waals surface area contributed by atoms with E-state index in [-0.39, 0.29) is 11.7 Å². The number of rotatable bonds is 4. The number of hydrogen-bond donors (Lipinski definition) is 2. The molecule has 0 aliphatic heterocycles. The minimum atomic E-state index is -0.534. The van der Waals surface area contributed by atoms with E-state index < -0.39 is 5.69 Å². The van der Waals surface area contributed by atoms with Crippen molar-refractivity contribution < 1.29 is 4.79 Å². The van der Waals surface area contributed by atoms with E-state index in [1.165, 1.54) is 0 Å². The van der Waals surface area contributed by atoms with Gasteiger partial charge in [0.05, 0.1) is 11.4 Å². The number of thioether (sulfide) groups is 1. The molecule has 0 saturated heterocycles. The first-order valence-electron chi connectivity index (χ1n) is 5.66. The number of carbonyl (C=O) groups is 1. The van der Waals surface area contributed by atoms with Gasteiger partial charge in [-0.15, -0.1) is 0 Å². The summed E-state index contributed by atoms with van der Waals surface area (Å²) in [5.74, 6) is -0.0790. The second-order valence-electron chi connectivity index (χ2n) is 3.88. The third-order valence-corrected chi connectivity index (χ3v) is 3.58. The molecule has 0 aliphatic carbocycles. The Morgan fingerprint density at radius 1 is 1.50 bits per heavy atom. The lowest BCUT2D eigenvalue weighted by atomic mass is 10.3. The summed E-state index contributed by atoms with van der Waals surface area (Å²) in [5, 5.41) is 9.71. The number of nitrogens with zero attached hydrogens (tertiary/aromatic N) is 2. The van der Waals surface area contributed by atoms with Crippen LogP contribution in [0.5, 0.6) is 0 Å². The van der Waals surface area contributed by atoms with E-state index >= 15 is 0 Å². The minimum Gasteiger partial charge on any atom is -0.325 e. The predicted octanol–water partition coefficient (Wildman–Crippen LogP) is 1.86. The van der Waals surface area contributed by atoms with Gasteiger partial charge in [0, 0.05) is 10.7 Å². The van der Waals surface area contributed by atoms with Crippen molar-refractivity contribution in [3.8, 4) is 0 Å². The number of amides is 1. The highest BCUT2D eigenvalue weighted by Crippen LogP contribution is 2.18. The standard InChI is InChI=1S/C12H11ClN4O2S/c1-7-11(15-12(19)17-16-7)20-6-10(18)14-9-4-2-3-8(13)5-9/h2-5H,6H2,1H3,(H,14,18)(H,15,17,19). The SMILES string of the molecule is Cc1n[nH]c(=O)nc1SCC(=O)Nc1cccc(Cl)c1. The van der Waals surface area contributed by atoms with Crippen LogP contribution in [0.3, 0.4) is 0 Å². The van der Waals surface area contributed by atoms with Crippen LogP contribution in [0.25, 0.3) is 0 Å². The van der Waals surface area contributed by atoms with Crippen LogP contribution >= 0.6 is 23.4 Å². The number of benzene rings is 1. The number of aromatic amines is 1. The molecule has 2 rings (SSSR count). The van der Waals surface area contributed by atoms with Crippen molar-refractivity contribution in [3.63, 3.8) is 0 Å². The van der Waals surface area contributed by atoms with Crippen LogP contribution in [0.2, 0.25) is 5.02 Å². The van der Waals surface area contributed by atoms with Crippen molar-refractivity contribution in [3.05, 3.63) is 45.5 Å². The first-order chi connectivity index (χ1) is 9.54. The maximum atomic E-state index is 11.8. The van der Waals surface area contributed by atoms with E-state index in [0.717, 1.165) is 11.8 Å². The lowest BCUT2D eigenvalue weighted by Crippen LogP contribution is -2.17. The van der Waals surface area contributed by atoms with E-state index in [4.69, 9.17) is 11.6 Å². The normalized spacial score (nSPS) is 10.3. The van der Waals surface area contributed by atoms with E-state index in [1.807, 2.05) is 0 Å². The Balaban J connectivity index is 1.95. The molecule has 0 bridgehead atoms. The van der Waals surface area contributed by atoms with Crippen molar-refractivity contribution in [1.82, 2.24) is 15.2 Å². The maximum absolute atomic E-state index is 11.8. The van der Waals surface area contributed by atoms with E-state index in [1.54, 1.807) is 31.2 Å². The Kier molecular flexibility index (Phi) is 4.75. The van der Waals surface area contributed by atoms with Crippen molar-refractivity contribution in [2.45, 2.75) is 11.9 Å². The number of nitrogens with one attached hydrogen (secondary N) is 2. The Hall–Kier alpha value is -1.86. The van der Waals surface area contributed by atoms with Crippen molar-refractivity contribution in [2.75, 3.05) is 11.1 Å². The van der Waals surface area contributed by atoms with Crippen LogP contribution in [0.15, 0.2) is 34.1 Å². The molecule has 2 aromatic rings. The summed E-state index contributed by atoms with van der Waals surface area (Å²) >= 11 is 6.98. The highest BCUT2D eigenvalue weighted by Gasteiger charge is 2.08. The zero-order valence-corrected chi connectivity index (χ0v) is 12.1. The van der Waals surface area contributed by atoms with Gasteiger partial charge in [-0.25, -0.2) is 9.89 Å². The molecule has 20 heavy (non-hydrogen) atoms. The molecule has 6 nitrogen and oxygen atoms in total. The fourth-order valence-electron chi connectivity index (χ4n) is 1.41. The van der Waals surface area contributed by atoms with Gasteiger partial charge in [-0.05, 0) is 25.1 Å². The molecular formula is C12H11ClN4O2S. The average molecular weight is 311 g/mol. The van der Waals surface area contributed by atoms with Gasteiger partial charge in [0.15, 0.2) is 0 Å². The number of aromatic nitrogens is 3. The Labute approximate surface area is 124 Å². The Morgan fingerprint density at radius 2 is 2.30 bits per heavy atom. The number of carbonyl (C=O) groups excluding carboxylic acids is 1. The van der Waals surface area contributed by atoms with Crippen LogP contribution < -0.4 is 11.0 Å². The minimum absolute atomic E-state index is 0.130. The molecule has 104 valence electrons. The van der Waals surface area contributed by atoms with Crippen LogP contribution in [-0.2, 0) is 4.79 Å². The molecule has 0 saturated carbocycles. The smallest absolute Gasteiger partial charge is 0.325 e. The third-order valence-electron chi connectivity index (χ3n) is 2.28. The summed E-state index contributed by atoms with van der Waals surface area (Å²) in [4.78, 5) is 26.6. The van der Waals surface area contributed by atoms with Crippen LogP contribution in [0, 0.1) is 6.92 Å².